The van der Waals surface area contributed by atoms with Crippen LogP contribution in [0.2, 0.25) is 4.34 Å². The number of nitrogens with one attached hydrogen (secondary N) is 1. The molecule has 0 spiro atoms. The number of hydrogen-bond donors (Lipinski definition) is 1. The van der Waals surface area contributed by atoms with Crippen molar-refractivity contribution in [1.29, 1.82) is 0 Å². The lowest BCUT2D eigenvalue weighted by atomic mass is 10.3. The summed E-state index contributed by atoms with van der Waals surface area (Å²) in [5.74, 6) is -0.136. The van der Waals surface area contributed by atoms with Crippen molar-refractivity contribution in [2.24, 2.45) is 0 Å². The highest BCUT2D eigenvalue weighted by molar-refractivity contribution is 7.17. The Kier molecular flexibility index (Phi) is 4.50. The normalized spacial score (nSPS) is 10.7. The number of nitrogens with zero attached hydrogens (tertiary/aromatic N) is 1. The summed E-state index contributed by atoms with van der Waals surface area (Å²) in [7, 11) is 0. The number of thiophene rings is 1. The Labute approximate surface area is 114 Å². The standard InChI is InChI=1S/C13H11ClN2OS/c14-12-5-3-11(18-12)4-6-13(17)16-9-10-2-1-7-15-8-10/h1-8H,9H2,(H,16,17)/b6-4+. The second-order valence-electron chi connectivity index (χ2n) is 3.55. The second kappa shape index (κ2) is 6.33. The van der Waals surface area contributed by atoms with Gasteiger partial charge in [-0.15, -0.1) is 11.3 Å². The first-order chi connectivity index (χ1) is 8.74. The zero-order valence-electron chi connectivity index (χ0n) is 9.47. The monoisotopic (exact) mass is 278 g/mol. The van der Waals surface area contributed by atoms with Crippen molar-refractivity contribution < 1.29 is 4.79 Å². The predicted octanol–water partition coefficient (Wildman–Crippen LogP) is 3.13. The van der Waals surface area contributed by atoms with Gasteiger partial charge in [0.25, 0.3) is 0 Å². The lowest BCUT2D eigenvalue weighted by Crippen LogP contribution is -2.20. The first kappa shape index (κ1) is 12.8. The molecule has 1 amide bonds. The van der Waals surface area contributed by atoms with Crippen LogP contribution < -0.4 is 5.32 Å². The Morgan fingerprint density at radius 1 is 1.44 bits per heavy atom. The minimum atomic E-state index is -0.136. The van der Waals surface area contributed by atoms with Crippen molar-refractivity contribution in [1.82, 2.24) is 10.3 Å². The highest BCUT2D eigenvalue weighted by Crippen LogP contribution is 2.22. The molecule has 0 saturated carbocycles. The fourth-order valence-corrected chi connectivity index (χ4v) is 2.29. The molecular formula is C13H11ClN2OS. The van der Waals surface area contributed by atoms with Crippen molar-refractivity contribution in [3.05, 3.63) is 57.5 Å². The number of pyridine rings is 1. The third-order valence-corrected chi connectivity index (χ3v) is 3.38. The van der Waals surface area contributed by atoms with Crippen LogP contribution in [-0.2, 0) is 11.3 Å². The quantitative estimate of drug-likeness (QED) is 0.873. The summed E-state index contributed by atoms with van der Waals surface area (Å²) in [6.45, 7) is 0.474. The summed E-state index contributed by atoms with van der Waals surface area (Å²) in [5, 5.41) is 2.78. The van der Waals surface area contributed by atoms with Crippen LogP contribution in [0.25, 0.3) is 6.08 Å². The van der Waals surface area contributed by atoms with E-state index in [1.54, 1.807) is 24.5 Å². The molecule has 0 saturated heterocycles. The Morgan fingerprint density at radius 3 is 3.00 bits per heavy atom. The van der Waals surface area contributed by atoms with Crippen LogP contribution in [-0.4, -0.2) is 10.9 Å². The van der Waals surface area contributed by atoms with Crippen molar-refractivity contribution >= 4 is 34.9 Å². The molecule has 2 aromatic heterocycles. The highest BCUT2D eigenvalue weighted by atomic mass is 35.5. The molecule has 18 heavy (non-hydrogen) atoms. The summed E-state index contributed by atoms with van der Waals surface area (Å²) in [6, 6.07) is 7.43. The first-order valence-corrected chi connectivity index (χ1v) is 6.53. The van der Waals surface area contributed by atoms with E-state index in [-0.39, 0.29) is 5.91 Å². The molecule has 0 aromatic carbocycles. The molecule has 92 valence electrons. The second-order valence-corrected chi connectivity index (χ2v) is 5.30. The van der Waals surface area contributed by atoms with Gasteiger partial charge in [-0.25, -0.2) is 0 Å². The number of rotatable bonds is 4. The van der Waals surface area contributed by atoms with Crippen molar-refractivity contribution in [2.75, 3.05) is 0 Å². The molecule has 0 bridgehead atoms. The Hall–Kier alpha value is -1.65. The Morgan fingerprint density at radius 2 is 2.33 bits per heavy atom. The number of aromatic nitrogens is 1. The smallest absolute Gasteiger partial charge is 0.244 e. The predicted molar refractivity (Wildman–Crippen MR) is 74.4 cm³/mol. The number of carbonyl (C=O) groups excluding carboxylic acids is 1. The number of carbonyl (C=O) groups is 1. The van der Waals surface area contributed by atoms with E-state index in [4.69, 9.17) is 11.6 Å². The summed E-state index contributed by atoms with van der Waals surface area (Å²) in [6.07, 6.45) is 6.67. The van der Waals surface area contributed by atoms with Gasteiger partial charge >= 0.3 is 0 Å². The van der Waals surface area contributed by atoms with Gasteiger partial charge < -0.3 is 5.32 Å². The average Bonchev–Trinajstić information content (AvgIpc) is 2.81. The molecule has 5 heteroatoms. The van der Waals surface area contributed by atoms with E-state index in [0.717, 1.165) is 10.4 Å². The SMILES string of the molecule is O=C(/C=C/c1ccc(Cl)s1)NCc1cccnc1. The molecule has 0 unspecified atom stereocenters. The van der Waals surface area contributed by atoms with Gasteiger partial charge in [0.2, 0.25) is 5.91 Å². The van der Waals surface area contributed by atoms with Gasteiger partial charge in [-0.3, -0.25) is 9.78 Å². The van der Waals surface area contributed by atoms with Gasteiger partial charge in [-0.1, -0.05) is 17.7 Å². The summed E-state index contributed by atoms with van der Waals surface area (Å²) < 4.78 is 0.713. The topological polar surface area (TPSA) is 42.0 Å². The number of hydrogen-bond acceptors (Lipinski definition) is 3. The summed E-state index contributed by atoms with van der Waals surface area (Å²) in [5.41, 5.74) is 0.971. The van der Waals surface area contributed by atoms with E-state index in [9.17, 15) is 4.79 Å². The van der Waals surface area contributed by atoms with E-state index in [1.807, 2.05) is 18.2 Å². The fraction of sp³-hybridized carbons (Fsp3) is 0.0769. The minimum absolute atomic E-state index is 0.136. The third kappa shape index (κ3) is 3.98. The molecule has 2 rings (SSSR count). The average molecular weight is 279 g/mol. The van der Waals surface area contributed by atoms with Gasteiger partial charge in [0, 0.05) is 29.9 Å². The summed E-state index contributed by atoms with van der Waals surface area (Å²) in [4.78, 5) is 16.5. The molecule has 0 aliphatic heterocycles. The number of amides is 1. The van der Waals surface area contributed by atoms with Crippen LogP contribution in [0.1, 0.15) is 10.4 Å². The minimum Gasteiger partial charge on any atom is -0.348 e. The molecule has 0 atom stereocenters. The van der Waals surface area contributed by atoms with Crippen molar-refractivity contribution in [2.45, 2.75) is 6.54 Å². The lowest BCUT2D eigenvalue weighted by molar-refractivity contribution is -0.116. The van der Waals surface area contributed by atoms with Gasteiger partial charge in [0.1, 0.15) is 0 Å². The summed E-state index contributed by atoms with van der Waals surface area (Å²) >= 11 is 7.23. The molecule has 0 aliphatic rings. The van der Waals surface area contributed by atoms with Crippen molar-refractivity contribution in [3.8, 4) is 0 Å². The van der Waals surface area contributed by atoms with Gasteiger partial charge in [0.05, 0.1) is 4.34 Å². The maximum atomic E-state index is 11.5. The van der Waals surface area contributed by atoms with Crippen LogP contribution >= 0.6 is 22.9 Å². The van der Waals surface area contributed by atoms with Crippen molar-refractivity contribution in [3.63, 3.8) is 0 Å². The lowest BCUT2D eigenvalue weighted by Gasteiger charge is -2.00. The molecule has 2 aromatic rings. The van der Waals surface area contributed by atoms with Crippen LogP contribution in [0, 0.1) is 0 Å². The molecule has 2 heterocycles. The van der Waals surface area contributed by atoms with E-state index in [2.05, 4.69) is 10.3 Å². The third-order valence-electron chi connectivity index (χ3n) is 2.18. The maximum absolute atomic E-state index is 11.5. The molecule has 0 radical (unpaired) electrons. The zero-order chi connectivity index (χ0) is 12.8. The largest absolute Gasteiger partial charge is 0.348 e. The van der Waals surface area contributed by atoms with Gasteiger partial charge in [-0.05, 0) is 29.8 Å². The molecule has 3 nitrogen and oxygen atoms in total. The molecule has 1 N–H and O–H groups in total. The fourth-order valence-electron chi connectivity index (χ4n) is 1.33. The van der Waals surface area contributed by atoms with Gasteiger partial charge in [-0.2, -0.15) is 0 Å². The van der Waals surface area contributed by atoms with Crippen LogP contribution in [0.5, 0.6) is 0 Å². The van der Waals surface area contributed by atoms with E-state index in [0.29, 0.717) is 10.9 Å². The van der Waals surface area contributed by atoms with E-state index < -0.39 is 0 Å². The molecular weight excluding hydrogens is 268 g/mol. The first-order valence-electron chi connectivity index (χ1n) is 5.34. The van der Waals surface area contributed by atoms with Gasteiger partial charge in [0.15, 0.2) is 0 Å². The highest BCUT2D eigenvalue weighted by Gasteiger charge is 1.97. The van der Waals surface area contributed by atoms with E-state index in [1.165, 1.54) is 17.4 Å². The Bertz CT molecular complexity index is 551. The van der Waals surface area contributed by atoms with Crippen LogP contribution in [0.3, 0.4) is 0 Å². The van der Waals surface area contributed by atoms with E-state index >= 15 is 0 Å². The van der Waals surface area contributed by atoms with Crippen LogP contribution in [0.15, 0.2) is 42.7 Å². The van der Waals surface area contributed by atoms with Crippen LogP contribution in [0.4, 0.5) is 0 Å². The Balaban J connectivity index is 1.84. The number of halogens is 1. The zero-order valence-corrected chi connectivity index (χ0v) is 11.0. The maximum Gasteiger partial charge on any atom is 0.244 e. The molecule has 0 aliphatic carbocycles. The molecule has 0 fully saturated rings.